The van der Waals surface area contributed by atoms with Crippen molar-refractivity contribution in [3.8, 4) is 22.3 Å². The van der Waals surface area contributed by atoms with Gasteiger partial charge in [0.15, 0.2) is 0 Å². The quantitative estimate of drug-likeness (QED) is 0.0987. The van der Waals surface area contributed by atoms with Gasteiger partial charge in [-0.25, -0.2) is 0 Å². The summed E-state index contributed by atoms with van der Waals surface area (Å²) in [5, 5.41) is 3.93. The van der Waals surface area contributed by atoms with Crippen LogP contribution in [-0.4, -0.2) is 8.07 Å². The third-order valence-corrected chi connectivity index (χ3v) is 35.0. The fourth-order valence-electron chi connectivity index (χ4n) is 10.1. The Balaban J connectivity index is 1.46. The summed E-state index contributed by atoms with van der Waals surface area (Å²) in [6.45, 7) is 9.22. The van der Waals surface area contributed by atoms with Crippen molar-refractivity contribution in [2.24, 2.45) is 0 Å². The van der Waals surface area contributed by atoms with Crippen LogP contribution < -0.4 is 0 Å². The first-order valence-corrected chi connectivity index (χ1v) is 32.9. The van der Waals surface area contributed by atoms with Gasteiger partial charge in [-0.15, -0.1) is 0 Å². The molecule has 0 spiro atoms. The van der Waals surface area contributed by atoms with Crippen LogP contribution >= 0.6 is 0 Å². The number of hydrogen-bond acceptors (Lipinski definition) is 0. The molecule has 7 rings (SSSR count). The van der Waals surface area contributed by atoms with Gasteiger partial charge in [0.25, 0.3) is 0 Å². The van der Waals surface area contributed by atoms with E-state index in [2.05, 4.69) is 134 Å². The average Bonchev–Trinajstić information content (AvgIpc) is 3.69. The summed E-state index contributed by atoms with van der Waals surface area (Å²) in [4.78, 5) is 0. The van der Waals surface area contributed by atoms with Crippen LogP contribution in [0.5, 0.6) is 0 Å². The maximum absolute atomic E-state index is 3.12. The number of benzene rings is 4. The zero-order chi connectivity index (χ0) is 33.5. The number of allylic oxidation sites excluding steroid dienone is 2. The second-order valence-corrected chi connectivity index (χ2v) is 37.5. The molecular formula is C46H56HfSi. The SMILES string of the molecule is CCCCCC[Si]1(CCCCCC)C2=Cc3c(-c4cccc(C)c4)cccc3[CH]2[Hf]([CH3])([CH3])[CH]2C1=Cc1c(-c3cccc(C)c3)cccc12. The predicted molar refractivity (Wildman–Crippen MR) is 210 cm³/mol. The third kappa shape index (κ3) is 5.87. The standard InChI is InChI=1S/C44H50Si.2CH3.Hf/c1-5-7-9-11-25-45(26-12-10-8-6-2,39-29-37-21-15-23-41(43(37)31-39)35-19-13-17-33(3)27-35)40-30-38-22-16-24-42(44(38)32-40)36-20-14-18-34(4)28-36;;;/h13-24,27-32H,5-12,25-26H2,1-4H3;2*1H3;. The van der Waals surface area contributed by atoms with Gasteiger partial charge in [-0.2, -0.15) is 0 Å². The van der Waals surface area contributed by atoms with Gasteiger partial charge >= 0.3 is 299 Å². The number of fused-ring (bicyclic) bond motifs is 6. The Morgan fingerprint density at radius 3 is 1.40 bits per heavy atom. The van der Waals surface area contributed by atoms with Crippen LogP contribution in [0, 0.1) is 13.8 Å². The molecule has 3 aliphatic rings. The monoisotopic (exact) mass is 816 g/mol. The molecule has 2 heteroatoms. The summed E-state index contributed by atoms with van der Waals surface area (Å²) in [5.41, 5.74) is 14.9. The minimum atomic E-state index is -3.12. The fraction of sp³-hybridized carbons (Fsp3) is 0.391. The van der Waals surface area contributed by atoms with E-state index in [0.29, 0.717) is 7.35 Å². The van der Waals surface area contributed by atoms with Crippen molar-refractivity contribution in [3.05, 3.63) is 129 Å². The molecular weight excluding hydrogens is 759 g/mol. The summed E-state index contributed by atoms with van der Waals surface area (Å²) in [7, 11) is -2.02. The summed E-state index contributed by atoms with van der Waals surface area (Å²) in [5.74, 6) is 0. The summed E-state index contributed by atoms with van der Waals surface area (Å²) < 4.78 is 7.08. The molecule has 1 fully saturated rings. The molecule has 1 aliphatic heterocycles. The van der Waals surface area contributed by atoms with Gasteiger partial charge in [0, 0.05) is 0 Å². The average molecular weight is 816 g/mol. The van der Waals surface area contributed by atoms with E-state index in [1.54, 1.807) is 22.3 Å². The predicted octanol–water partition coefficient (Wildman–Crippen LogP) is 14.2. The topological polar surface area (TPSA) is 0 Å². The molecule has 2 aliphatic carbocycles. The van der Waals surface area contributed by atoms with Crippen molar-refractivity contribution in [2.75, 3.05) is 0 Å². The molecule has 2 atom stereocenters. The van der Waals surface area contributed by atoms with Crippen LogP contribution in [0.25, 0.3) is 34.4 Å². The number of unbranched alkanes of at least 4 members (excludes halogenated alkanes) is 6. The summed E-state index contributed by atoms with van der Waals surface area (Å²) in [6.07, 6.45) is 16.6. The first kappa shape index (κ1) is 33.9. The molecule has 0 saturated carbocycles. The van der Waals surface area contributed by atoms with Gasteiger partial charge in [0.2, 0.25) is 0 Å². The maximum atomic E-state index is 2.85. The van der Waals surface area contributed by atoms with E-state index < -0.39 is 28.0 Å². The second-order valence-electron chi connectivity index (χ2n) is 15.9. The molecule has 0 N–H and O–H groups in total. The van der Waals surface area contributed by atoms with Gasteiger partial charge in [-0.05, 0) is 0 Å². The molecule has 4 aromatic rings. The Hall–Kier alpha value is -2.55. The van der Waals surface area contributed by atoms with Crippen molar-refractivity contribution in [1.82, 2.24) is 0 Å². The Morgan fingerprint density at radius 2 is 0.979 bits per heavy atom. The zero-order valence-electron chi connectivity index (χ0n) is 30.5. The third-order valence-electron chi connectivity index (χ3n) is 12.3. The molecule has 0 radical (unpaired) electrons. The first-order valence-electron chi connectivity index (χ1n) is 19.1. The van der Waals surface area contributed by atoms with Gasteiger partial charge in [-0.1, -0.05) is 0 Å². The van der Waals surface area contributed by atoms with Crippen molar-refractivity contribution in [2.45, 2.75) is 108 Å². The van der Waals surface area contributed by atoms with Gasteiger partial charge in [0.05, 0.1) is 0 Å². The van der Waals surface area contributed by atoms with E-state index in [1.807, 2.05) is 10.4 Å². The molecule has 4 aromatic carbocycles. The fourth-order valence-corrected chi connectivity index (χ4v) is 43.0. The van der Waals surface area contributed by atoms with Crippen molar-refractivity contribution < 1.29 is 20.0 Å². The van der Waals surface area contributed by atoms with Crippen molar-refractivity contribution in [3.63, 3.8) is 0 Å². The Bertz CT molecular complexity index is 1740. The van der Waals surface area contributed by atoms with Crippen LogP contribution in [-0.2, 0) is 20.0 Å². The molecule has 1 saturated heterocycles. The Kier molecular flexibility index (Phi) is 9.89. The zero-order valence-corrected chi connectivity index (χ0v) is 35.1. The van der Waals surface area contributed by atoms with E-state index >= 15 is 0 Å². The van der Waals surface area contributed by atoms with Crippen molar-refractivity contribution >= 4 is 20.2 Å². The summed E-state index contributed by atoms with van der Waals surface area (Å²) >= 11 is -3.12. The first-order chi connectivity index (χ1) is 23.3. The number of aryl methyl sites for hydroxylation is 2. The molecule has 0 aromatic heterocycles. The van der Waals surface area contributed by atoms with E-state index in [4.69, 9.17) is 0 Å². The molecule has 1 heterocycles. The second kappa shape index (κ2) is 14.0. The van der Waals surface area contributed by atoms with E-state index in [1.165, 1.54) is 96.8 Å². The van der Waals surface area contributed by atoms with Crippen LogP contribution in [0.1, 0.15) is 106 Å². The molecule has 248 valence electrons. The van der Waals surface area contributed by atoms with Crippen LogP contribution in [0.15, 0.2) is 95.3 Å². The number of rotatable bonds is 12. The molecule has 48 heavy (non-hydrogen) atoms. The van der Waals surface area contributed by atoms with Crippen LogP contribution in [0.2, 0.25) is 21.4 Å². The molecule has 2 unspecified atom stereocenters. The van der Waals surface area contributed by atoms with Crippen LogP contribution in [0.3, 0.4) is 0 Å². The van der Waals surface area contributed by atoms with E-state index in [9.17, 15) is 0 Å². The van der Waals surface area contributed by atoms with E-state index in [0.717, 1.165) is 0 Å². The Morgan fingerprint density at radius 1 is 0.542 bits per heavy atom. The van der Waals surface area contributed by atoms with Gasteiger partial charge in [0.1, 0.15) is 0 Å². The molecule has 0 amide bonds. The number of hydrogen-bond donors (Lipinski definition) is 0. The minimum absolute atomic E-state index is 0.692. The molecule has 0 bridgehead atoms. The molecule has 0 nitrogen and oxygen atoms in total. The van der Waals surface area contributed by atoms with Crippen LogP contribution in [0.4, 0.5) is 0 Å². The normalized spacial score (nSPS) is 19.6. The van der Waals surface area contributed by atoms with Gasteiger partial charge in [-0.3, -0.25) is 0 Å². The van der Waals surface area contributed by atoms with E-state index in [-0.39, 0.29) is 0 Å². The van der Waals surface area contributed by atoms with Crippen molar-refractivity contribution in [1.29, 1.82) is 0 Å². The van der Waals surface area contributed by atoms with Gasteiger partial charge < -0.3 is 0 Å². The summed E-state index contributed by atoms with van der Waals surface area (Å²) in [6, 6.07) is 36.1. The Labute approximate surface area is 297 Å².